The van der Waals surface area contributed by atoms with Crippen molar-refractivity contribution in [2.45, 2.75) is 4.90 Å². The van der Waals surface area contributed by atoms with Crippen molar-refractivity contribution in [3.05, 3.63) is 65.3 Å². The molecule has 2 aromatic rings. The second-order valence-corrected chi connectivity index (χ2v) is 5.25. The fourth-order valence-corrected chi connectivity index (χ4v) is 2.81. The Balaban J connectivity index is 1.91. The first kappa shape index (κ1) is 10.8. The molecule has 0 aliphatic carbocycles. The van der Waals surface area contributed by atoms with Crippen LogP contribution in [0.15, 0.2) is 59.6 Å². The van der Waals surface area contributed by atoms with Gasteiger partial charge in [-0.3, -0.25) is 5.32 Å². The maximum Gasteiger partial charge on any atom is 0.0715 e. The van der Waals surface area contributed by atoms with E-state index < -0.39 is 0 Å². The molecule has 1 aliphatic heterocycles. The SMILES string of the molecule is Clc1ccc2c(c1)C(Sc1ccccc1)=C[N]2. The van der Waals surface area contributed by atoms with Gasteiger partial charge in [0.15, 0.2) is 0 Å². The Morgan fingerprint density at radius 3 is 2.65 bits per heavy atom. The number of fused-ring (bicyclic) bond motifs is 1. The molecule has 0 bridgehead atoms. The van der Waals surface area contributed by atoms with Crippen molar-refractivity contribution in [3.8, 4) is 0 Å². The van der Waals surface area contributed by atoms with Crippen molar-refractivity contribution < 1.29 is 0 Å². The quantitative estimate of drug-likeness (QED) is 0.763. The van der Waals surface area contributed by atoms with E-state index in [-0.39, 0.29) is 0 Å². The van der Waals surface area contributed by atoms with Crippen LogP contribution in [-0.4, -0.2) is 0 Å². The molecule has 0 atom stereocenters. The van der Waals surface area contributed by atoms with Crippen LogP contribution in [0, 0.1) is 0 Å². The molecule has 3 heteroatoms. The van der Waals surface area contributed by atoms with Crippen LogP contribution in [0.3, 0.4) is 0 Å². The van der Waals surface area contributed by atoms with Gasteiger partial charge in [-0.05, 0) is 30.3 Å². The molecule has 83 valence electrons. The molecule has 0 spiro atoms. The molecule has 0 N–H and O–H groups in total. The second kappa shape index (κ2) is 4.47. The number of hydrogen-bond donors (Lipinski definition) is 0. The third-order valence-electron chi connectivity index (χ3n) is 2.52. The summed E-state index contributed by atoms with van der Waals surface area (Å²) in [6.45, 7) is 0. The van der Waals surface area contributed by atoms with Gasteiger partial charge in [0.2, 0.25) is 0 Å². The number of nitrogens with zero attached hydrogens (tertiary/aromatic N) is 1. The summed E-state index contributed by atoms with van der Waals surface area (Å²) in [5.74, 6) is 0. The smallest absolute Gasteiger partial charge is 0.0715 e. The van der Waals surface area contributed by atoms with Gasteiger partial charge in [-0.1, -0.05) is 41.6 Å². The van der Waals surface area contributed by atoms with E-state index in [1.165, 1.54) is 4.90 Å². The van der Waals surface area contributed by atoms with Gasteiger partial charge in [0, 0.05) is 26.6 Å². The lowest BCUT2D eigenvalue weighted by Crippen LogP contribution is -1.81. The molecule has 2 aromatic carbocycles. The normalized spacial score (nSPS) is 12.9. The third kappa shape index (κ3) is 2.19. The number of hydrogen-bond acceptors (Lipinski definition) is 1. The number of rotatable bonds is 2. The van der Waals surface area contributed by atoms with Crippen LogP contribution < -0.4 is 5.32 Å². The Hall–Kier alpha value is -1.38. The van der Waals surface area contributed by atoms with E-state index in [0.29, 0.717) is 0 Å². The highest BCUT2D eigenvalue weighted by Gasteiger charge is 2.16. The zero-order chi connectivity index (χ0) is 11.7. The molecule has 1 aliphatic rings. The van der Waals surface area contributed by atoms with Crippen molar-refractivity contribution in [3.63, 3.8) is 0 Å². The van der Waals surface area contributed by atoms with E-state index in [9.17, 15) is 0 Å². The molecule has 0 aromatic heterocycles. The zero-order valence-corrected chi connectivity index (χ0v) is 10.5. The summed E-state index contributed by atoms with van der Waals surface area (Å²) in [4.78, 5) is 2.36. The lowest BCUT2D eigenvalue weighted by Gasteiger charge is -2.04. The van der Waals surface area contributed by atoms with Crippen LogP contribution in [0.4, 0.5) is 5.69 Å². The largest absolute Gasteiger partial charge is 0.255 e. The van der Waals surface area contributed by atoms with Gasteiger partial charge in [0.25, 0.3) is 0 Å². The average Bonchev–Trinajstić information content (AvgIpc) is 2.73. The van der Waals surface area contributed by atoms with E-state index >= 15 is 0 Å². The first-order chi connectivity index (χ1) is 8.33. The second-order valence-electron chi connectivity index (χ2n) is 3.70. The van der Waals surface area contributed by atoms with E-state index in [2.05, 4.69) is 17.4 Å². The van der Waals surface area contributed by atoms with Crippen LogP contribution >= 0.6 is 23.4 Å². The molecule has 1 nitrogen and oxygen atoms in total. The van der Waals surface area contributed by atoms with E-state index in [4.69, 9.17) is 11.6 Å². The molecular formula is C14H9ClNS. The summed E-state index contributed by atoms with van der Waals surface area (Å²) < 4.78 is 0. The van der Waals surface area contributed by atoms with Crippen molar-refractivity contribution in [1.29, 1.82) is 0 Å². The van der Waals surface area contributed by atoms with Crippen molar-refractivity contribution in [1.82, 2.24) is 5.32 Å². The van der Waals surface area contributed by atoms with Crippen LogP contribution in [0.5, 0.6) is 0 Å². The van der Waals surface area contributed by atoms with Crippen molar-refractivity contribution in [2.24, 2.45) is 0 Å². The molecule has 0 fully saturated rings. The molecule has 0 unspecified atom stereocenters. The first-order valence-corrected chi connectivity index (χ1v) is 6.46. The minimum absolute atomic E-state index is 0.750. The van der Waals surface area contributed by atoms with Crippen molar-refractivity contribution in [2.75, 3.05) is 0 Å². The molecule has 0 amide bonds. The van der Waals surface area contributed by atoms with Crippen LogP contribution in [0.2, 0.25) is 5.02 Å². The van der Waals surface area contributed by atoms with E-state index in [1.807, 2.05) is 42.6 Å². The van der Waals surface area contributed by atoms with Gasteiger partial charge in [-0.15, -0.1) is 0 Å². The molecular weight excluding hydrogens is 250 g/mol. The van der Waals surface area contributed by atoms with Gasteiger partial charge in [0.1, 0.15) is 0 Å². The van der Waals surface area contributed by atoms with Crippen molar-refractivity contribution >= 4 is 34.0 Å². The third-order valence-corrected chi connectivity index (χ3v) is 3.80. The topological polar surface area (TPSA) is 14.1 Å². The standard InChI is InChI=1S/C14H9ClNS/c15-10-6-7-13-12(8-10)14(9-16-13)17-11-4-2-1-3-5-11/h1-9H. The van der Waals surface area contributed by atoms with Gasteiger partial charge in [0.05, 0.1) is 5.69 Å². The minimum atomic E-state index is 0.750. The lowest BCUT2D eigenvalue weighted by molar-refractivity contribution is 1.22. The fraction of sp³-hybridized carbons (Fsp3) is 0. The fourth-order valence-electron chi connectivity index (χ4n) is 1.71. The summed E-state index contributed by atoms with van der Waals surface area (Å²) in [6.07, 6.45) is 1.90. The molecule has 0 saturated heterocycles. The van der Waals surface area contributed by atoms with E-state index in [0.717, 1.165) is 21.2 Å². The minimum Gasteiger partial charge on any atom is -0.255 e. The molecule has 17 heavy (non-hydrogen) atoms. The van der Waals surface area contributed by atoms with Gasteiger partial charge in [-0.2, -0.15) is 0 Å². The van der Waals surface area contributed by atoms with Crippen LogP contribution in [-0.2, 0) is 0 Å². The Morgan fingerprint density at radius 1 is 1.00 bits per heavy atom. The summed E-state index contributed by atoms with van der Waals surface area (Å²) in [5.41, 5.74) is 2.11. The molecule has 1 heterocycles. The highest BCUT2D eigenvalue weighted by Crippen LogP contribution is 2.42. The van der Waals surface area contributed by atoms with Gasteiger partial charge >= 0.3 is 0 Å². The van der Waals surface area contributed by atoms with E-state index in [1.54, 1.807) is 11.8 Å². The molecule has 0 saturated carbocycles. The maximum absolute atomic E-state index is 6.01. The van der Waals surface area contributed by atoms with Gasteiger partial charge < -0.3 is 0 Å². The Bertz CT molecular complexity index is 578. The zero-order valence-electron chi connectivity index (χ0n) is 8.93. The van der Waals surface area contributed by atoms with Crippen LogP contribution in [0.1, 0.15) is 5.56 Å². The maximum atomic E-state index is 6.01. The molecule has 3 rings (SSSR count). The summed E-state index contributed by atoms with van der Waals surface area (Å²) in [7, 11) is 0. The predicted octanol–water partition coefficient (Wildman–Crippen LogP) is 4.68. The highest BCUT2D eigenvalue weighted by atomic mass is 35.5. The summed E-state index contributed by atoms with van der Waals surface area (Å²) in [5, 5.41) is 5.13. The van der Waals surface area contributed by atoms with Gasteiger partial charge in [-0.25, -0.2) is 0 Å². The Labute approximate surface area is 109 Å². The monoisotopic (exact) mass is 258 g/mol. The Kier molecular flexibility index (Phi) is 2.83. The first-order valence-electron chi connectivity index (χ1n) is 5.27. The molecule has 1 radical (unpaired) electrons. The highest BCUT2D eigenvalue weighted by molar-refractivity contribution is 8.08. The summed E-state index contributed by atoms with van der Waals surface area (Å²) in [6, 6.07) is 16.1. The average molecular weight is 259 g/mol. The lowest BCUT2D eigenvalue weighted by atomic mass is 10.2. The number of benzene rings is 2. The summed E-state index contributed by atoms with van der Waals surface area (Å²) >= 11 is 7.72. The predicted molar refractivity (Wildman–Crippen MR) is 73.5 cm³/mol. The Morgan fingerprint density at radius 2 is 1.82 bits per heavy atom. The van der Waals surface area contributed by atoms with Crippen LogP contribution in [0.25, 0.3) is 4.91 Å². The number of thioether (sulfide) groups is 1. The number of halogens is 1.